The molecule has 1 aliphatic carbocycles. The SMILES string of the molecule is Cc1cc(C(=O)O)n(C)n1.NC[C@@H]1C[C@@H]2C[C@@H]2N1C(=O)c1nc(N)sc1-c1cccc(F)c1. The largest absolute Gasteiger partial charge is 0.477 e. The number of nitrogens with two attached hydrogens (primary N) is 2. The van der Waals surface area contributed by atoms with E-state index in [0.29, 0.717) is 33.7 Å². The summed E-state index contributed by atoms with van der Waals surface area (Å²) in [6, 6.07) is 8.02. The number of carboxylic acids is 1. The Morgan fingerprint density at radius 1 is 1.30 bits per heavy atom. The number of likely N-dealkylation sites (tertiary alicyclic amines) is 1. The molecule has 1 aliphatic heterocycles. The number of nitrogen functional groups attached to an aromatic ring is 1. The van der Waals surface area contributed by atoms with E-state index < -0.39 is 5.97 Å². The zero-order valence-electron chi connectivity index (χ0n) is 18.2. The molecule has 11 heteroatoms. The van der Waals surface area contributed by atoms with Gasteiger partial charge in [-0.05, 0) is 49.4 Å². The van der Waals surface area contributed by atoms with Crippen LogP contribution in [0.1, 0.15) is 39.5 Å². The van der Waals surface area contributed by atoms with Crippen LogP contribution < -0.4 is 11.5 Å². The van der Waals surface area contributed by atoms with Crippen LogP contribution in [0.2, 0.25) is 0 Å². The van der Waals surface area contributed by atoms with Gasteiger partial charge in [0.2, 0.25) is 0 Å². The Balaban J connectivity index is 0.000000219. The number of benzene rings is 1. The molecule has 0 spiro atoms. The number of anilines is 1. The Bertz CT molecular complexity index is 1210. The van der Waals surface area contributed by atoms with Gasteiger partial charge in [-0.25, -0.2) is 14.2 Å². The second-order valence-electron chi connectivity index (χ2n) is 8.24. The van der Waals surface area contributed by atoms with E-state index in [1.807, 2.05) is 4.90 Å². The first-order valence-corrected chi connectivity index (χ1v) is 11.3. The molecule has 0 radical (unpaired) electrons. The minimum absolute atomic E-state index is 0.0644. The van der Waals surface area contributed by atoms with Crippen LogP contribution in [0.3, 0.4) is 0 Å². The molecular weight excluding hydrogens is 447 g/mol. The Hall–Kier alpha value is -3.31. The van der Waals surface area contributed by atoms with Crippen molar-refractivity contribution < 1.29 is 19.1 Å². The van der Waals surface area contributed by atoms with Crippen LogP contribution in [0, 0.1) is 18.7 Å². The van der Waals surface area contributed by atoms with Gasteiger partial charge in [0.25, 0.3) is 5.91 Å². The predicted octanol–water partition coefficient (Wildman–Crippen LogP) is 2.52. The molecule has 2 aromatic heterocycles. The lowest BCUT2D eigenvalue weighted by Crippen LogP contribution is -2.42. The zero-order chi connectivity index (χ0) is 23.9. The predicted molar refractivity (Wildman–Crippen MR) is 122 cm³/mol. The number of amides is 1. The van der Waals surface area contributed by atoms with Crippen molar-refractivity contribution in [2.45, 2.75) is 31.8 Å². The third kappa shape index (κ3) is 4.60. The molecule has 5 rings (SSSR count). The van der Waals surface area contributed by atoms with E-state index in [2.05, 4.69) is 10.1 Å². The molecule has 2 fully saturated rings. The van der Waals surface area contributed by atoms with Crippen LogP contribution in [0.4, 0.5) is 9.52 Å². The van der Waals surface area contributed by atoms with E-state index in [9.17, 15) is 14.0 Å². The Kier molecular flexibility index (Phi) is 6.17. The summed E-state index contributed by atoms with van der Waals surface area (Å²) < 4.78 is 14.9. The summed E-state index contributed by atoms with van der Waals surface area (Å²) in [7, 11) is 1.61. The monoisotopic (exact) mass is 472 g/mol. The highest BCUT2D eigenvalue weighted by atomic mass is 32.1. The second-order valence-corrected chi connectivity index (χ2v) is 9.27. The van der Waals surface area contributed by atoms with Gasteiger partial charge in [-0.3, -0.25) is 9.48 Å². The molecule has 3 heterocycles. The smallest absolute Gasteiger partial charge is 0.354 e. The molecular formula is C22H25FN6O3S. The van der Waals surface area contributed by atoms with Gasteiger partial charge in [0.05, 0.1) is 10.6 Å². The molecule has 3 atom stereocenters. The molecule has 3 aromatic rings. The summed E-state index contributed by atoms with van der Waals surface area (Å²) in [5.74, 6) is -0.863. The number of piperidine rings is 1. The third-order valence-corrected chi connectivity index (χ3v) is 6.81. The van der Waals surface area contributed by atoms with Crippen molar-refractivity contribution in [3.05, 3.63) is 53.2 Å². The first-order chi connectivity index (χ1) is 15.7. The first-order valence-electron chi connectivity index (χ1n) is 10.5. The number of hydrogen-bond donors (Lipinski definition) is 3. The number of carboxylic acid groups (broad SMARTS) is 1. The molecule has 0 bridgehead atoms. The standard InChI is InChI=1S/C16H17FN4OS.C6H8N2O2/c17-10-3-1-2-8(4-10)14-13(20-16(19)23-14)15(22)21-11(7-18)5-9-6-12(9)21;1-4-3-5(6(9)10)8(2)7-4/h1-4,9,11-12H,5-7,18H2,(H2,19,20);3H,1-2H3,(H,9,10)/t9-,11+,12+;/m1./s1. The van der Waals surface area contributed by atoms with Gasteiger partial charge in [-0.15, -0.1) is 0 Å². The van der Waals surface area contributed by atoms with Crippen LogP contribution >= 0.6 is 11.3 Å². The summed E-state index contributed by atoms with van der Waals surface area (Å²) in [6.07, 6.45) is 2.00. The Labute approximate surface area is 193 Å². The summed E-state index contributed by atoms with van der Waals surface area (Å²) in [6.45, 7) is 2.21. The number of aromatic nitrogens is 3. The van der Waals surface area contributed by atoms with E-state index in [1.54, 1.807) is 26.1 Å². The molecule has 9 nitrogen and oxygen atoms in total. The fraction of sp³-hybridized carbons (Fsp3) is 0.364. The number of aryl methyl sites for hydroxylation is 2. The van der Waals surface area contributed by atoms with Crippen molar-refractivity contribution >= 4 is 28.3 Å². The van der Waals surface area contributed by atoms with E-state index in [-0.39, 0.29) is 29.5 Å². The van der Waals surface area contributed by atoms with E-state index in [4.69, 9.17) is 16.6 Å². The third-order valence-electron chi connectivity index (χ3n) is 5.87. The van der Waals surface area contributed by atoms with Crippen molar-refractivity contribution in [1.82, 2.24) is 19.7 Å². The summed E-state index contributed by atoms with van der Waals surface area (Å²) in [5.41, 5.74) is 13.5. The molecule has 0 unspecified atom stereocenters. The summed E-state index contributed by atoms with van der Waals surface area (Å²) in [5, 5.41) is 12.7. The quantitative estimate of drug-likeness (QED) is 0.530. The maximum absolute atomic E-state index is 13.5. The van der Waals surface area contributed by atoms with Gasteiger partial charge in [0.1, 0.15) is 17.2 Å². The Morgan fingerprint density at radius 3 is 2.64 bits per heavy atom. The number of aromatic carboxylic acids is 1. The number of nitrogens with zero attached hydrogens (tertiary/aromatic N) is 4. The lowest BCUT2D eigenvalue weighted by molar-refractivity contribution is 0.0681. The average Bonchev–Trinajstić information content (AvgIpc) is 3.07. The van der Waals surface area contributed by atoms with Gasteiger partial charge in [0.15, 0.2) is 5.13 Å². The number of carbonyl (C=O) groups is 2. The van der Waals surface area contributed by atoms with Gasteiger partial charge in [-0.2, -0.15) is 5.10 Å². The minimum Gasteiger partial charge on any atom is -0.477 e. The highest BCUT2D eigenvalue weighted by molar-refractivity contribution is 7.19. The fourth-order valence-corrected chi connectivity index (χ4v) is 5.15. The highest BCUT2D eigenvalue weighted by Gasteiger charge is 2.54. The van der Waals surface area contributed by atoms with Gasteiger partial charge >= 0.3 is 5.97 Å². The summed E-state index contributed by atoms with van der Waals surface area (Å²) in [4.78, 5) is 30.1. The van der Waals surface area contributed by atoms with Crippen molar-refractivity contribution in [3.63, 3.8) is 0 Å². The van der Waals surface area contributed by atoms with Crippen molar-refractivity contribution in [3.8, 4) is 10.4 Å². The van der Waals surface area contributed by atoms with Crippen molar-refractivity contribution in [2.75, 3.05) is 12.3 Å². The van der Waals surface area contributed by atoms with Crippen molar-refractivity contribution in [1.29, 1.82) is 0 Å². The highest BCUT2D eigenvalue weighted by Crippen LogP contribution is 2.48. The number of hydrogen-bond acceptors (Lipinski definition) is 7. The fourth-order valence-electron chi connectivity index (χ4n) is 4.33. The topological polar surface area (TPSA) is 140 Å². The number of halogens is 1. The van der Waals surface area contributed by atoms with Gasteiger partial charge in [0, 0.05) is 25.7 Å². The van der Waals surface area contributed by atoms with Crippen LogP contribution in [-0.4, -0.2) is 55.3 Å². The van der Waals surface area contributed by atoms with E-state index >= 15 is 0 Å². The molecule has 1 saturated heterocycles. The van der Waals surface area contributed by atoms with E-state index in [0.717, 1.165) is 18.5 Å². The van der Waals surface area contributed by atoms with Crippen molar-refractivity contribution in [2.24, 2.45) is 18.7 Å². The molecule has 5 N–H and O–H groups in total. The normalized spacial score (nSPS) is 20.7. The van der Waals surface area contributed by atoms with E-state index in [1.165, 1.54) is 34.2 Å². The number of thiazole rings is 1. The molecule has 174 valence electrons. The zero-order valence-corrected chi connectivity index (χ0v) is 19.1. The molecule has 1 aromatic carbocycles. The van der Waals surface area contributed by atoms with Crippen LogP contribution in [0.25, 0.3) is 10.4 Å². The summed E-state index contributed by atoms with van der Waals surface area (Å²) >= 11 is 1.21. The molecule has 1 amide bonds. The van der Waals surface area contributed by atoms with Crippen LogP contribution in [0.5, 0.6) is 0 Å². The van der Waals surface area contributed by atoms with Gasteiger partial charge < -0.3 is 21.5 Å². The average molecular weight is 473 g/mol. The van der Waals surface area contributed by atoms with Crippen LogP contribution in [0.15, 0.2) is 30.3 Å². The molecule has 33 heavy (non-hydrogen) atoms. The first kappa shape index (κ1) is 22.9. The maximum Gasteiger partial charge on any atom is 0.354 e. The lowest BCUT2D eigenvalue weighted by Gasteiger charge is -2.26. The Morgan fingerprint density at radius 2 is 2.06 bits per heavy atom. The number of rotatable bonds is 4. The number of fused-ring (bicyclic) bond motifs is 1. The van der Waals surface area contributed by atoms with Crippen LogP contribution in [-0.2, 0) is 7.05 Å². The molecule has 1 saturated carbocycles. The lowest BCUT2D eigenvalue weighted by atomic mass is 10.1. The number of carbonyl (C=O) groups excluding carboxylic acids is 1. The second kappa shape index (κ2) is 8.91. The molecule has 2 aliphatic rings. The minimum atomic E-state index is -0.942. The maximum atomic E-state index is 13.5. The van der Waals surface area contributed by atoms with Gasteiger partial charge in [-0.1, -0.05) is 23.5 Å².